The van der Waals surface area contributed by atoms with Crippen molar-refractivity contribution >= 4 is 24.3 Å². The van der Waals surface area contributed by atoms with Crippen molar-refractivity contribution in [1.82, 2.24) is 25.9 Å². The molecule has 1 aliphatic heterocycles. The van der Waals surface area contributed by atoms with E-state index in [0.29, 0.717) is 0 Å². The number of amides is 1. The Morgan fingerprint density at radius 2 is 2.44 bits per heavy atom. The molecule has 8 heteroatoms. The van der Waals surface area contributed by atoms with Crippen molar-refractivity contribution in [2.24, 2.45) is 0 Å². The SMILES string of the molecule is CCC1(C(=O)Nc2nn[nH]n2)CCCN1.Cl. The summed E-state index contributed by atoms with van der Waals surface area (Å²) < 4.78 is 0. The number of carbonyl (C=O) groups is 1. The van der Waals surface area contributed by atoms with Crippen LogP contribution >= 0.6 is 12.4 Å². The lowest BCUT2D eigenvalue weighted by molar-refractivity contribution is -0.122. The molecule has 0 bridgehead atoms. The highest BCUT2D eigenvalue weighted by Gasteiger charge is 2.39. The van der Waals surface area contributed by atoms with Gasteiger partial charge < -0.3 is 5.32 Å². The molecule has 0 aliphatic carbocycles. The van der Waals surface area contributed by atoms with Crippen LogP contribution in [-0.2, 0) is 4.79 Å². The minimum Gasteiger partial charge on any atom is -0.303 e. The molecule has 1 aromatic rings. The third-order valence-electron chi connectivity index (χ3n) is 2.85. The fourth-order valence-corrected chi connectivity index (χ4v) is 1.90. The van der Waals surface area contributed by atoms with Gasteiger partial charge in [-0.3, -0.25) is 10.1 Å². The Morgan fingerprint density at radius 1 is 1.62 bits per heavy atom. The van der Waals surface area contributed by atoms with E-state index in [1.165, 1.54) is 0 Å². The van der Waals surface area contributed by atoms with Crippen LogP contribution in [0.4, 0.5) is 5.95 Å². The number of anilines is 1. The van der Waals surface area contributed by atoms with Crippen LogP contribution in [0.3, 0.4) is 0 Å². The highest BCUT2D eigenvalue weighted by molar-refractivity contribution is 5.97. The van der Waals surface area contributed by atoms with Crippen molar-refractivity contribution in [2.75, 3.05) is 11.9 Å². The van der Waals surface area contributed by atoms with Gasteiger partial charge in [-0.2, -0.15) is 5.21 Å². The lowest BCUT2D eigenvalue weighted by atomic mass is 9.93. The van der Waals surface area contributed by atoms with Crippen LogP contribution in [0.15, 0.2) is 0 Å². The third kappa shape index (κ3) is 2.30. The number of tetrazole rings is 1. The molecule has 0 radical (unpaired) electrons. The lowest BCUT2D eigenvalue weighted by Crippen LogP contribution is -2.50. The highest BCUT2D eigenvalue weighted by Crippen LogP contribution is 2.23. The Bertz CT molecular complexity index is 334. The van der Waals surface area contributed by atoms with Crippen molar-refractivity contribution in [2.45, 2.75) is 31.7 Å². The van der Waals surface area contributed by atoms with Gasteiger partial charge in [-0.05, 0) is 31.0 Å². The Morgan fingerprint density at radius 3 is 2.94 bits per heavy atom. The number of rotatable bonds is 3. The van der Waals surface area contributed by atoms with Crippen LogP contribution < -0.4 is 10.6 Å². The first kappa shape index (κ1) is 12.9. The van der Waals surface area contributed by atoms with E-state index >= 15 is 0 Å². The fraction of sp³-hybridized carbons (Fsp3) is 0.750. The van der Waals surface area contributed by atoms with Crippen LogP contribution in [0, 0.1) is 0 Å². The number of hydrogen-bond acceptors (Lipinski definition) is 5. The molecule has 1 atom stereocenters. The van der Waals surface area contributed by atoms with Gasteiger partial charge in [0.1, 0.15) is 0 Å². The molecule has 90 valence electrons. The Labute approximate surface area is 99.2 Å². The van der Waals surface area contributed by atoms with Gasteiger partial charge in [0.15, 0.2) is 0 Å². The number of halogens is 1. The van der Waals surface area contributed by atoms with Crippen LogP contribution in [-0.4, -0.2) is 38.6 Å². The van der Waals surface area contributed by atoms with Crippen molar-refractivity contribution < 1.29 is 4.79 Å². The molecule has 1 aromatic heterocycles. The van der Waals surface area contributed by atoms with E-state index in [1.807, 2.05) is 6.92 Å². The third-order valence-corrected chi connectivity index (χ3v) is 2.85. The van der Waals surface area contributed by atoms with Crippen LogP contribution in [0.25, 0.3) is 0 Å². The van der Waals surface area contributed by atoms with Crippen molar-refractivity contribution in [3.63, 3.8) is 0 Å². The summed E-state index contributed by atoms with van der Waals surface area (Å²) in [4.78, 5) is 12.0. The quantitative estimate of drug-likeness (QED) is 0.703. The average molecular weight is 247 g/mol. The first-order valence-electron chi connectivity index (χ1n) is 5.07. The molecular formula is C8H15ClN6O. The maximum absolute atomic E-state index is 12.0. The van der Waals surface area contributed by atoms with E-state index in [0.717, 1.165) is 25.8 Å². The smallest absolute Gasteiger partial charge is 0.269 e. The summed E-state index contributed by atoms with van der Waals surface area (Å²) in [6.45, 7) is 2.88. The average Bonchev–Trinajstić information content (AvgIpc) is 2.87. The lowest BCUT2D eigenvalue weighted by Gasteiger charge is -2.25. The molecule has 1 saturated heterocycles. The number of carbonyl (C=O) groups excluding carboxylic acids is 1. The van der Waals surface area contributed by atoms with Crippen molar-refractivity contribution in [1.29, 1.82) is 0 Å². The van der Waals surface area contributed by atoms with Gasteiger partial charge in [0.25, 0.3) is 5.95 Å². The second-order valence-electron chi connectivity index (χ2n) is 3.66. The molecule has 1 unspecified atom stereocenters. The molecule has 16 heavy (non-hydrogen) atoms. The normalized spacial score (nSPS) is 23.8. The van der Waals surface area contributed by atoms with Crippen LogP contribution in [0.1, 0.15) is 26.2 Å². The molecule has 2 heterocycles. The molecular weight excluding hydrogens is 232 g/mol. The number of nitrogens with one attached hydrogen (secondary N) is 3. The second kappa shape index (κ2) is 5.22. The topological polar surface area (TPSA) is 95.6 Å². The Hall–Kier alpha value is -1.21. The van der Waals surface area contributed by atoms with E-state index in [4.69, 9.17) is 0 Å². The van der Waals surface area contributed by atoms with E-state index in [9.17, 15) is 4.79 Å². The van der Waals surface area contributed by atoms with Gasteiger partial charge in [0.05, 0.1) is 5.54 Å². The van der Waals surface area contributed by atoms with Gasteiger partial charge in [-0.1, -0.05) is 12.0 Å². The summed E-state index contributed by atoms with van der Waals surface area (Å²) >= 11 is 0. The molecule has 2 rings (SSSR count). The molecule has 7 nitrogen and oxygen atoms in total. The number of aromatic amines is 1. The molecule has 1 fully saturated rings. The van der Waals surface area contributed by atoms with Crippen LogP contribution in [0.5, 0.6) is 0 Å². The summed E-state index contributed by atoms with van der Waals surface area (Å²) in [5, 5.41) is 18.9. The maximum atomic E-state index is 12.0. The predicted molar refractivity (Wildman–Crippen MR) is 60.3 cm³/mol. The Kier molecular flexibility index (Phi) is 4.19. The molecule has 1 amide bonds. The van der Waals surface area contributed by atoms with Crippen LogP contribution in [0.2, 0.25) is 0 Å². The highest BCUT2D eigenvalue weighted by atomic mass is 35.5. The number of nitrogens with zero attached hydrogens (tertiary/aromatic N) is 3. The van der Waals surface area contributed by atoms with Gasteiger partial charge >= 0.3 is 0 Å². The van der Waals surface area contributed by atoms with Gasteiger partial charge in [-0.15, -0.1) is 17.5 Å². The number of aromatic nitrogens is 4. The zero-order valence-electron chi connectivity index (χ0n) is 8.99. The number of hydrogen-bond donors (Lipinski definition) is 3. The summed E-state index contributed by atoms with van der Waals surface area (Å²) in [5.41, 5.74) is -0.458. The van der Waals surface area contributed by atoms with Gasteiger partial charge in [0.2, 0.25) is 5.91 Å². The zero-order valence-corrected chi connectivity index (χ0v) is 9.80. The van der Waals surface area contributed by atoms with Gasteiger partial charge in [-0.25, -0.2) is 0 Å². The summed E-state index contributed by atoms with van der Waals surface area (Å²) in [5.74, 6) is 0.144. The van der Waals surface area contributed by atoms with Gasteiger partial charge in [0, 0.05) is 0 Å². The Balaban J connectivity index is 0.00000128. The standard InChI is InChI=1S/C8H14N6O.ClH/c1-2-8(4-3-5-9-8)6(15)10-7-11-13-14-12-7;/h9H,2-5H2,1H3,(H2,10,11,12,13,14,15);1H. The van der Waals surface area contributed by atoms with E-state index in [2.05, 4.69) is 31.3 Å². The zero-order chi connectivity index (χ0) is 10.7. The van der Waals surface area contributed by atoms with Crippen molar-refractivity contribution in [3.8, 4) is 0 Å². The monoisotopic (exact) mass is 246 g/mol. The summed E-state index contributed by atoms with van der Waals surface area (Å²) in [7, 11) is 0. The molecule has 1 aliphatic rings. The molecule has 0 spiro atoms. The van der Waals surface area contributed by atoms with E-state index in [1.54, 1.807) is 0 Å². The minimum atomic E-state index is -0.458. The van der Waals surface area contributed by atoms with E-state index < -0.39 is 5.54 Å². The molecule has 3 N–H and O–H groups in total. The summed E-state index contributed by atoms with van der Waals surface area (Å²) in [6, 6.07) is 0. The predicted octanol–water partition coefficient (Wildman–Crippen LogP) is 0.0922. The van der Waals surface area contributed by atoms with E-state index in [-0.39, 0.29) is 24.3 Å². The fourth-order valence-electron chi connectivity index (χ4n) is 1.90. The first-order valence-corrected chi connectivity index (χ1v) is 5.07. The van der Waals surface area contributed by atoms with Crippen molar-refractivity contribution in [3.05, 3.63) is 0 Å². The largest absolute Gasteiger partial charge is 0.303 e. The first-order chi connectivity index (χ1) is 7.27. The molecule has 0 aromatic carbocycles. The number of H-pyrrole nitrogens is 1. The summed E-state index contributed by atoms with van der Waals surface area (Å²) in [6.07, 6.45) is 2.64. The second-order valence-corrected chi connectivity index (χ2v) is 3.66. The molecule has 0 saturated carbocycles. The minimum absolute atomic E-state index is 0. The maximum Gasteiger partial charge on any atom is 0.269 e.